The molecule has 2 amide bonds. The maximum Gasteiger partial charge on any atom is 0.416 e. The van der Waals surface area contributed by atoms with Crippen molar-refractivity contribution in [2.45, 2.75) is 20.0 Å². The van der Waals surface area contributed by atoms with Crippen LogP contribution in [0.25, 0.3) is 10.6 Å². The van der Waals surface area contributed by atoms with E-state index in [1.54, 1.807) is 25.1 Å². The number of alkyl halides is 3. The standard InChI is InChI=1S/C21H18F3N3O3S/c1-12-4-3-5-16(10-12)30-11-17(28)26-27-19(29)18-13(2)25-20(31-18)14-6-8-15(9-7-14)21(22,23)24/h3-10H,11H2,1-2H3,(H,26,28)(H,27,29). The molecule has 1 heterocycles. The molecule has 3 aromatic rings. The third kappa shape index (κ3) is 5.82. The molecule has 0 aliphatic rings. The number of aryl methyl sites for hydroxylation is 2. The third-order valence-corrected chi connectivity index (χ3v) is 5.34. The number of nitrogens with zero attached hydrogens (tertiary/aromatic N) is 1. The van der Waals surface area contributed by atoms with Crippen LogP contribution in [0.15, 0.2) is 48.5 Å². The molecule has 0 aliphatic carbocycles. The van der Waals surface area contributed by atoms with Crippen molar-refractivity contribution in [1.82, 2.24) is 15.8 Å². The van der Waals surface area contributed by atoms with Gasteiger partial charge in [0.15, 0.2) is 6.61 Å². The summed E-state index contributed by atoms with van der Waals surface area (Å²) in [5, 5.41) is 0.394. The van der Waals surface area contributed by atoms with E-state index >= 15 is 0 Å². The Morgan fingerprint density at radius 2 is 1.77 bits per heavy atom. The Morgan fingerprint density at radius 3 is 2.42 bits per heavy atom. The van der Waals surface area contributed by atoms with Crippen molar-refractivity contribution in [3.8, 4) is 16.3 Å². The fraction of sp³-hybridized carbons (Fsp3) is 0.190. The first-order chi connectivity index (χ1) is 14.6. The van der Waals surface area contributed by atoms with Crippen molar-refractivity contribution in [3.63, 3.8) is 0 Å². The number of carbonyl (C=O) groups is 2. The summed E-state index contributed by atoms with van der Waals surface area (Å²) in [5.74, 6) is -0.613. The first kappa shape index (κ1) is 22.3. The number of halogens is 3. The predicted octanol–water partition coefficient (Wildman–Crippen LogP) is 4.29. The van der Waals surface area contributed by atoms with Crippen molar-refractivity contribution in [3.05, 3.63) is 70.2 Å². The lowest BCUT2D eigenvalue weighted by Gasteiger charge is -2.08. The smallest absolute Gasteiger partial charge is 0.416 e. The predicted molar refractivity (Wildman–Crippen MR) is 110 cm³/mol. The van der Waals surface area contributed by atoms with Gasteiger partial charge in [0.1, 0.15) is 15.6 Å². The zero-order valence-electron chi connectivity index (χ0n) is 16.5. The summed E-state index contributed by atoms with van der Waals surface area (Å²) < 4.78 is 43.5. The minimum atomic E-state index is -4.43. The normalized spacial score (nSPS) is 11.1. The van der Waals surface area contributed by atoms with Gasteiger partial charge in [-0.15, -0.1) is 11.3 Å². The van der Waals surface area contributed by atoms with E-state index in [4.69, 9.17) is 4.74 Å². The van der Waals surface area contributed by atoms with Crippen molar-refractivity contribution in [1.29, 1.82) is 0 Å². The highest BCUT2D eigenvalue weighted by atomic mass is 32.1. The van der Waals surface area contributed by atoms with E-state index in [2.05, 4.69) is 15.8 Å². The Labute approximate surface area is 180 Å². The fourth-order valence-corrected chi connectivity index (χ4v) is 3.57. The second kappa shape index (κ2) is 9.17. The number of hydrogen-bond acceptors (Lipinski definition) is 5. The van der Waals surface area contributed by atoms with E-state index in [0.717, 1.165) is 29.0 Å². The number of aromatic nitrogens is 1. The number of carbonyl (C=O) groups excluding carboxylic acids is 2. The van der Waals surface area contributed by atoms with Gasteiger partial charge in [0.25, 0.3) is 11.8 Å². The Balaban J connectivity index is 1.58. The van der Waals surface area contributed by atoms with Gasteiger partial charge in [0.2, 0.25) is 0 Å². The largest absolute Gasteiger partial charge is 0.484 e. The number of thiazole rings is 1. The molecule has 3 rings (SSSR count). The Kier molecular flexibility index (Phi) is 6.59. The maximum atomic E-state index is 12.7. The highest BCUT2D eigenvalue weighted by Gasteiger charge is 2.30. The molecule has 10 heteroatoms. The van der Waals surface area contributed by atoms with Gasteiger partial charge in [-0.1, -0.05) is 24.3 Å². The van der Waals surface area contributed by atoms with Gasteiger partial charge >= 0.3 is 6.18 Å². The van der Waals surface area contributed by atoms with Crippen LogP contribution in [0.4, 0.5) is 13.2 Å². The van der Waals surface area contributed by atoms with Gasteiger partial charge < -0.3 is 4.74 Å². The molecule has 0 saturated carbocycles. The minimum absolute atomic E-state index is 0.231. The molecule has 0 aliphatic heterocycles. The van der Waals surface area contributed by atoms with Crippen LogP contribution in [0.3, 0.4) is 0 Å². The first-order valence-electron chi connectivity index (χ1n) is 9.07. The molecule has 0 bridgehead atoms. The van der Waals surface area contributed by atoms with Crippen LogP contribution in [0, 0.1) is 13.8 Å². The van der Waals surface area contributed by atoms with E-state index in [1.165, 1.54) is 12.1 Å². The third-order valence-electron chi connectivity index (χ3n) is 4.14. The highest BCUT2D eigenvalue weighted by Crippen LogP contribution is 2.32. The summed E-state index contributed by atoms with van der Waals surface area (Å²) in [4.78, 5) is 28.8. The molecule has 0 spiro atoms. The number of ether oxygens (including phenoxy) is 1. The molecule has 162 valence electrons. The van der Waals surface area contributed by atoms with E-state index < -0.39 is 23.6 Å². The van der Waals surface area contributed by atoms with Gasteiger partial charge in [-0.25, -0.2) is 4.98 Å². The first-order valence-corrected chi connectivity index (χ1v) is 9.89. The molecule has 2 aromatic carbocycles. The van der Waals surface area contributed by atoms with Gasteiger partial charge in [-0.3, -0.25) is 20.4 Å². The maximum absolute atomic E-state index is 12.7. The van der Waals surface area contributed by atoms with Crippen LogP contribution in [0.1, 0.15) is 26.5 Å². The zero-order valence-corrected chi connectivity index (χ0v) is 17.4. The summed E-state index contributed by atoms with van der Waals surface area (Å²) in [7, 11) is 0. The van der Waals surface area contributed by atoms with Crippen molar-refractivity contribution in [2.75, 3.05) is 6.61 Å². The molecular weight excluding hydrogens is 431 g/mol. The summed E-state index contributed by atoms with van der Waals surface area (Å²) in [5.41, 5.74) is 5.60. The minimum Gasteiger partial charge on any atom is -0.484 e. The Morgan fingerprint density at radius 1 is 1.06 bits per heavy atom. The summed E-state index contributed by atoms with van der Waals surface area (Å²) in [6.07, 6.45) is -4.43. The molecule has 2 N–H and O–H groups in total. The molecule has 0 radical (unpaired) electrons. The van der Waals surface area contributed by atoms with Crippen molar-refractivity contribution >= 4 is 23.2 Å². The van der Waals surface area contributed by atoms with Gasteiger partial charge in [-0.05, 0) is 43.7 Å². The van der Waals surface area contributed by atoms with Crippen LogP contribution in [0.2, 0.25) is 0 Å². The number of nitrogens with one attached hydrogen (secondary N) is 2. The summed E-state index contributed by atoms with van der Waals surface area (Å²) >= 11 is 1.01. The number of hydrazine groups is 1. The average molecular weight is 449 g/mol. The highest BCUT2D eigenvalue weighted by molar-refractivity contribution is 7.17. The molecule has 0 atom stereocenters. The van der Waals surface area contributed by atoms with Gasteiger partial charge in [0.05, 0.1) is 11.3 Å². The van der Waals surface area contributed by atoms with E-state index in [0.29, 0.717) is 22.0 Å². The molecule has 0 unspecified atom stereocenters. The quantitative estimate of drug-likeness (QED) is 0.570. The number of rotatable bonds is 5. The van der Waals surface area contributed by atoms with Crippen LogP contribution < -0.4 is 15.6 Å². The second-order valence-corrected chi connectivity index (χ2v) is 7.62. The van der Waals surface area contributed by atoms with E-state index in [9.17, 15) is 22.8 Å². The second-order valence-electron chi connectivity index (χ2n) is 6.62. The SMILES string of the molecule is Cc1cccc(OCC(=O)NNC(=O)c2sc(-c3ccc(C(F)(F)F)cc3)nc2C)c1. The average Bonchev–Trinajstić information content (AvgIpc) is 3.12. The lowest BCUT2D eigenvalue weighted by molar-refractivity contribution is -0.137. The Hall–Kier alpha value is -3.40. The molecule has 0 fully saturated rings. The molecule has 0 saturated heterocycles. The summed E-state index contributed by atoms with van der Waals surface area (Å²) in [6, 6.07) is 11.7. The van der Waals surface area contributed by atoms with E-state index in [-0.39, 0.29) is 11.5 Å². The van der Waals surface area contributed by atoms with Crippen LogP contribution in [0.5, 0.6) is 5.75 Å². The molecular formula is C21H18F3N3O3S. The molecule has 1 aromatic heterocycles. The van der Waals surface area contributed by atoms with E-state index in [1.807, 2.05) is 13.0 Å². The number of benzene rings is 2. The molecule has 6 nitrogen and oxygen atoms in total. The zero-order chi connectivity index (χ0) is 22.6. The van der Waals surface area contributed by atoms with Crippen LogP contribution in [-0.4, -0.2) is 23.4 Å². The number of hydrogen-bond donors (Lipinski definition) is 2. The van der Waals surface area contributed by atoms with Gasteiger partial charge in [0, 0.05) is 5.56 Å². The van der Waals surface area contributed by atoms with Crippen molar-refractivity contribution in [2.24, 2.45) is 0 Å². The monoisotopic (exact) mass is 449 g/mol. The topological polar surface area (TPSA) is 80.3 Å². The van der Waals surface area contributed by atoms with Crippen LogP contribution >= 0.6 is 11.3 Å². The Bertz CT molecular complexity index is 1100. The fourth-order valence-electron chi connectivity index (χ4n) is 2.61. The van der Waals surface area contributed by atoms with Crippen LogP contribution in [-0.2, 0) is 11.0 Å². The molecule has 31 heavy (non-hydrogen) atoms. The number of amides is 2. The van der Waals surface area contributed by atoms with Crippen molar-refractivity contribution < 1.29 is 27.5 Å². The lowest BCUT2D eigenvalue weighted by atomic mass is 10.1. The summed E-state index contributed by atoms with van der Waals surface area (Å²) in [6.45, 7) is 3.20. The van der Waals surface area contributed by atoms with Gasteiger partial charge in [-0.2, -0.15) is 13.2 Å². The lowest BCUT2D eigenvalue weighted by Crippen LogP contribution is -2.43.